The lowest BCUT2D eigenvalue weighted by Crippen LogP contribution is -1.98. The Morgan fingerprint density at radius 2 is 1.41 bits per heavy atom. The molecule has 0 spiro atoms. The number of carbonyl (C=O) groups excluding carboxylic acids is 1. The smallest absolute Gasteiger partial charge is 0.189 e. The molecule has 0 bridgehead atoms. The molecule has 34 heavy (non-hydrogen) atoms. The van der Waals surface area contributed by atoms with Crippen molar-refractivity contribution < 1.29 is 20.1 Å². The first-order valence-corrected chi connectivity index (χ1v) is 11.7. The Hall–Kier alpha value is -3.53. The first-order valence-electron chi connectivity index (χ1n) is 11.7. The van der Waals surface area contributed by atoms with E-state index in [1.54, 1.807) is 18.2 Å². The second kappa shape index (κ2) is 13.2. The van der Waals surface area contributed by atoms with Gasteiger partial charge in [-0.15, -0.1) is 0 Å². The number of carbonyl (C=O) groups is 1. The number of allylic oxidation sites excluding steroid dienone is 7. The van der Waals surface area contributed by atoms with Crippen LogP contribution in [0.15, 0.2) is 77.4 Å². The largest absolute Gasteiger partial charge is 0.508 e. The topological polar surface area (TPSA) is 77.8 Å². The lowest BCUT2D eigenvalue weighted by Gasteiger charge is -2.09. The third-order valence-corrected chi connectivity index (χ3v) is 5.62. The molecule has 0 fully saturated rings. The second-order valence-electron chi connectivity index (χ2n) is 8.91. The summed E-state index contributed by atoms with van der Waals surface area (Å²) in [6, 6.07) is 9.33. The van der Waals surface area contributed by atoms with Crippen LogP contribution in [0.1, 0.15) is 74.9 Å². The van der Waals surface area contributed by atoms with Gasteiger partial charge in [0, 0.05) is 5.56 Å². The highest BCUT2D eigenvalue weighted by molar-refractivity contribution is 6.09. The lowest BCUT2D eigenvalue weighted by molar-refractivity contribution is 0.104. The highest BCUT2D eigenvalue weighted by Gasteiger charge is 2.15. The number of ketones is 1. The minimum absolute atomic E-state index is 0.0318. The first-order chi connectivity index (χ1) is 16.2. The molecule has 3 N–H and O–H groups in total. The van der Waals surface area contributed by atoms with Crippen LogP contribution in [-0.2, 0) is 6.42 Å². The van der Waals surface area contributed by atoms with Crippen molar-refractivity contribution in [1.29, 1.82) is 0 Å². The van der Waals surface area contributed by atoms with Gasteiger partial charge >= 0.3 is 0 Å². The minimum atomic E-state index is -0.360. The van der Waals surface area contributed by atoms with Gasteiger partial charge < -0.3 is 15.3 Å². The SMILES string of the molecule is CC(C)=CCC/C(C)=C/CC/C(C)=C/Cc1c(O)ccc(C(=O)/C=C/c2ccc(O)cc2)c1O. The van der Waals surface area contributed by atoms with E-state index in [4.69, 9.17) is 0 Å². The van der Waals surface area contributed by atoms with Crippen LogP contribution in [0.2, 0.25) is 0 Å². The van der Waals surface area contributed by atoms with Crippen molar-refractivity contribution in [3.05, 3.63) is 94.1 Å². The Morgan fingerprint density at radius 1 is 0.794 bits per heavy atom. The van der Waals surface area contributed by atoms with E-state index >= 15 is 0 Å². The van der Waals surface area contributed by atoms with E-state index in [2.05, 4.69) is 32.9 Å². The first kappa shape index (κ1) is 26.7. The average Bonchev–Trinajstić information content (AvgIpc) is 2.78. The van der Waals surface area contributed by atoms with Gasteiger partial charge in [0.25, 0.3) is 0 Å². The number of rotatable bonds is 11. The molecule has 0 aliphatic rings. The molecule has 4 heteroatoms. The highest BCUT2D eigenvalue weighted by Crippen LogP contribution is 2.32. The Kier molecular flexibility index (Phi) is 10.4. The average molecular weight is 461 g/mol. The van der Waals surface area contributed by atoms with Crippen LogP contribution >= 0.6 is 0 Å². The van der Waals surface area contributed by atoms with Gasteiger partial charge in [0.05, 0.1) is 5.56 Å². The Balaban J connectivity index is 2.02. The number of aromatic hydroxyl groups is 3. The summed E-state index contributed by atoms with van der Waals surface area (Å²) in [6.07, 6.45) is 13.8. The van der Waals surface area contributed by atoms with Gasteiger partial charge in [0.15, 0.2) is 5.78 Å². The lowest BCUT2D eigenvalue weighted by atomic mass is 9.99. The molecule has 0 atom stereocenters. The van der Waals surface area contributed by atoms with Crippen LogP contribution in [0, 0.1) is 0 Å². The molecule has 2 rings (SSSR count). The third kappa shape index (κ3) is 8.78. The molecule has 0 saturated heterocycles. The summed E-state index contributed by atoms with van der Waals surface area (Å²) in [4.78, 5) is 12.6. The molecule has 0 radical (unpaired) electrons. The van der Waals surface area contributed by atoms with Crippen LogP contribution in [0.25, 0.3) is 6.08 Å². The van der Waals surface area contributed by atoms with Gasteiger partial charge in [-0.2, -0.15) is 0 Å². The zero-order valence-electron chi connectivity index (χ0n) is 20.6. The molecule has 0 amide bonds. The van der Waals surface area contributed by atoms with Crippen molar-refractivity contribution in [3.63, 3.8) is 0 Å². The van der Waals surface area contributed by atoms with Crippen LogP contribution in [0.5, 0.6) is 17.2 Å². The molecule has 180 valence electrons. The standard InChI is InChI=1S/C30H36O4/c1-21(2)7-5-8-22(3)9-6-10-23(4)11-17-26-29(33)20-18-27(30(26)34)28(32)19-14-24-12-15-25(31)16-13-24/h7,9,11-16,18-20,31,33-34H,5-6,8,10,17H2,1-4H3/b19-14+,22-9+,23-11+. The number of phenolic OH excluding ortho intramolecular Hbond substituents is 3. The molecule has 0 aromatic heterocycles. The summed E-state index contributed by atoms with van der Waals surface area (Å²) in [5, 5.41) is 30.3. The van der Waals surface area contributed by atoms with Crippen molar-refractivity contribution >= 4 is 11.9 Å². The van der Waals surface area contributed by atoms with E-state index in [1.807, 2.05) is 13.0 Å². The van der Waals surface area contributed by atoms with E-state index in [1.165, 1.54) is 41.5 Å². The van der Waals surface area contributed by atoms with E-state index in [0.29, 0.717) is 12.0 Å². The third-order valence-electron chi connectivity index (χ3n) is 5.62. The number of hydrogen-bond acceptors (Lipinski definition) is 4. The fraction of sp³-hybridized carbons (Fsp3) is 0.300. The molecule has 2 aromatic rings. The molecule has 0 unspecified atom stereocenters. The van der Waals surface area contributed by atoms with Gasteiger partial charge in [-0.1, -0.05) is 53.2 Å². The predicted octanol–water partition coefficient (Wildman–Crippen LogP) is 7.66. The molecule has 2 aromatic carbocycles. The summed E-state index contributed by atoms with van der Waals surface area (Å²) < 4.78 is 0. The van der Waals surface area contributed by atoms with Crippen LogP contribution < -0.4 is 0 Å². The van der Waals surface area contributed by atoms with Crippen molar-refractivity contribution in [1.82, 2.24) is 0 Å². The Bertz CT molecular complexity index is 1100. The van der Waals surface area contributed by atoms with Crippen molar-refractivity contribution in [2.24, 2.45) is 0 Å². The summed E-state index contributed by atoms with van der Waals surface area (Å²) in [7, 11) is 0. The van der Waals surface area contributed by atoms with Crippen LogP contribution in [0.3, 0.4) is 0 Å². The molecule has 0 heterocycles. The minimum Gasteiger partial charge on any atom is -0.508 e. The van der Waals surface area contributed by atoms with Gasteiger partial charge in [-0.25, -0.2) is 0 Å². The monoisotopic (exact) mass is 460 g/mol. The van der Waals surface area contributed by atoms with Crippen LogP contribution in [-0.4, -0.2) is 21.1 Å². The van der Waals surface area contributed by atoms with Gasteiger partial charge in [0.2, 0.25) is 0 Å². The zero-order chi connectivity index (χ0) is 25.1. The van der Waals surface area contributed by atoms with E-state index in [-0.39, 0.29) is 28.6 Å². The predicted molar refractivity (Wildman–Crippen MR) is 140 cm³/mol. The molecular formula is C30H36O4. The summed E-state index contributed by atoms with van der Waals surface area (Å²) in [5.41, 5.74) is 5.13. The number of hydrogen-bond donors (Lipinski definition) is 3. The van der Waals surface area contributed by atoms with Gasteiger partial charge in [0.1, 0.15) is 17.2 Å². The fourth-order valence-corrected chi connectivity index (χ4v) is 3.49. The maximum absolute atomic E-state index is 12.6. The number of phenols is 3. The van der Waals surface area contributed by atoms with Crippen LogP contribution in [0.4, 0.5) is 0 Å². The summed E-state index contributed by atoms with van der Waals surface area (Å²) in [5.74, 6) is -0.436. The van der Waals surface area contributed by atoms with E-state index < -0.39 is 0 Å². The molecule has 0 aliphatic heterocycles. The van der Waals surface area contributed by atoms with E-state index in [0.717, 1.165) is 36.8 Å². The van der Waals surface area contributed by atoms with Crippen molar-refractivity contribution in [3.8, 4) is 17.2 Å². The quantitative estimate of drug-likeness (QED) is 0.183. The normalized spacial score (nSPS) is 12.2. The fourth-order valence-electron chi connectivity index (χ4n) is 3.49. The maximum Gasteiger partial charge on any atom is 0.189 e. The zero-order valence-corrected chi connectivity index (χ0v) is 20.6. The Labute approximate surface area is 203 Å². The molecular weight excluding hydrogens is 424 g/mol. The summed E-state index contributed by atoms with van der Waals surface area (Å²) in [6.45, 7) is 8.42. The second-order valence-corrected chi connectivity index (χ2v) is 8.91. The molecule has 4 nitrogen and oxygen atoms in total. The summed E-state index contributed by atoms with van der Waals surface area (Å²) >= 11 is 0. The van der Waals surface area contributed by atoms with Crippen molar-refractivity contribution in [2.45, 2.75) is 59.8 Å². The van der Waals surface area contributed by atoms with Crippen molar-refractivity contribution in [2.75, 3.05) is 0 Å². The highest BCUT2D eigenvalue weighted by atomic mass is 16.3. The van der Waals surface area contributed by atoms with Gasteiger partial charge in [-0.3, -0.25) is 4.79 Å². The van der Waals surface area contributed by atoms with Gasteiger partial charge in [-0.05, 0) is 95.7 Å². The maximum atomic E-state index is 12.6. The molecule has 0 saturated carbocycles. The van der Waals surface area contributed by atoms with E-state index in [9.17, 15) is 20.1 Å². The Morgan fingerprint density at radius 3 is 2.06 bits per heavy atom. The number of benzene rings is 2. The molecule has 0 aliphatic carbocycles.